The first kappa shape index (κ1) is 40.5. The summed E-state index contributed by atoms with van der Waals surface area (Å²) in [5.74, 6) is 0.709. The fourth-order valence-electron chi connectivity index (χ4n) is 8.59. The molecule has 0 saturated heterocycles. The van der Waals surface area contributed by atoms with Crippen molar-refractivity contribution in [2.45, 2.75) is 46.7 Å². The predicted octanol–water partition coefficient (Wildman–Crippen LogP) is 15.9. The van der Waals surface area contributed by atoms with Crippen molar-refractivity contribution in [1.82, 2.24) is 19.5 Å². The van der Waals surface area contributed by atoms with Gasteiger partial charge in [0.2, 0.25) is 0 Å². The first-order valence-corrected chi connectivity index (χ1v) is 26.9. The number of hydrogen-bond acceptors (Lipinski definition) is 4. The minimum absolute atomic E-state index is 0. The normalized spacial score (nSPS) is 12.9. The molecule has 0 spiro atoms. The van der Waals surface area contributed by atoms with Gasteiger partial charge < -0.3 is 9.55 Å². The summed E-state index contributed by atoms with van der Waals surface area (Å²) in [6, 6.07) is 65.3. The minimum Gasteiger partial charge on any atom is -0.333 e. The second-order valence-electron chi connectivity index (χ2n) is 18.0. The molecule has 4 nitrogen and oxygen atoms in total. The Labute approximate surface area is 425 Å². The van der Waals surface area contributed by atoms with Gasteiger partial charge in [-0.05, 0) is 81.7 Å². The SMILES string of the molecule is [2H]C([2H])([2H])c1ccc(-c2c[c-]c(-c3nc4ccccc4n3-c3ccc(-c4ccccc4)cc3)c3sc4cc(-c5ccccc5)cnc4c23)cc1.[2H]C([2H])(c1cc(-c2[c-]cccc2)ncc1[Si](C)(C)C)C(C)C.[Ir]. The van der Waals surface area contributed by atoms with Gasteiger partial charge in [0.1, 0.15) is 0 Å². The zero-order chi connectivity index (χ0) is 50.4. The molecule has 11 aromatic rings. The minimum atomic E-state index is -2.17. The van der Waals surface area contributed by atoms with Gasteiger partial charge in [0.25, 0.3) is 0 Å². The van der Waals surface area contributed by atoms with Crippen LogP contribution in [-0.2, 0) is 26.5 Å². The third-order valence-corrected chi connectivity index (χ3v) is 15.0. The summed E-state index contributed by atoms with van der Waals surface area (Å²) in [6.07, 6.45) is 2.46. The number of nitrogens with zero attached hydrogens (tertiary/aromatic N) is 4. The van der Waals surface area contributed by atoms with Crippen LogP contribution in [0.2, 0.25) is 19.6 Å². The van der Waals surface area contributed by atoms with E-state index in [1.54, 1.807) is 23.5 Å². The smallest absolute Gasteiger partial charge is 0.0798 e. The van der Waals surface area contributed by atoms with E-state index in [4.69, 9.17) is 16.8 Å². The van der Waals surface area contributed by atoms with Gasteiger partial charge >= 0.3 is 0 Å². The molecule has 4 aromatic heterocycles. The largest absolute Gasteiger partial charge is 0.333 e. The van der Waals surface area contributed by atoms with E-state index in [0.29, 0.717) is 5.56 Å². The summed E-state index contributed by atoms with van der Waals surface area (Å²) < 4.78 is 45.0. The Morgan fingerprint density at radius 1 is 0.691 bits per heavy atom. The van der Waals surface area contributed by atoms with Crippen molar-refractivity contribution >= 4 is 55.9 Å². The summed E-state index contributed by atoms with van der Waals surface area (Å²) in [5.41, 5.74) is 13.8. The molecule has 0 N–H and O–H groups in total. The molecule has 0 unspecified atom stereocenters. The Morgan fingerprint density at radius 2 is 1.35 bits per heavy atom. The molecule has 0 amide bonds. The third-order valence-electron chi connectivity index (χ3n) is 11.8. The van der Waals surface area contributed by atoms with E-state index < -0.39 is 21.3 Å². The quantitative estimate of drug-likeness (QED) is 0.107. The van der Waals surface area contributed by atoms with Crippen molar-refractivity contribution in [2.24, 2.45) is 5.92 Å². The number of para-hydroxylation sites is 2. The van der Waals surface area contributed by atoms with Crippen LogP contribution < -0.4 is 5.19 Å². The van der Waals surface area contributed by atoms with Crippen LogP contribution in [0.15, 0.2) is 188 Å². The van der Waals surface area contributed by atoms with E-state index in [2.05, 4.69) is 114 Å². The number of fused-ring (bicyclic) bond motifs is 4. The summed E-state index contributed by atoms with van der Waals surface area (Å²) in [5, 5.41) is 2.10. The van der Waals surface area contributed by atoms with Gasteiger partial charge in [-0.3, -0.25) is 9.97 Å². The number of imidazole rings is 1. The van der Waals surface area contributed by atoms with Gasteiger partial charge in [-0.1, -0.05) is 182 Å². The number of benzene rings is 7. The van der Waals surface area contributed by atoms with Crippen LogP contribution in [0.3, 0.4) is 0 Å². The van der Waals surface area contributed by atoms with E-state index in [1.807, 2.05) is 117 Å². The molecule has 68 heavy (non-hydrogen) atoms. The fourth-order valence-corrected chi connectivity index (χ4v) is 11.2. The monoisotopic (exact) mass is 1100 g/mol. The molecule has 7 heteroatoms. The van der Waals surface area contributed by atoms with Gasteiger partial charge in [-0.2, -0.15) is 11.3 Å². The molecular formula is C61H52IrN4SSi-2. The Bertz CT molecular complexity index is 3700. The van der Waals surface area contributed by atoms with Crippen LogP contribution in [0.25, 0.3) is 93.0 Å². The standard InChI is InChI=1S/C43H28N3S.C18H24NSi.Ir/c1-28-16-18-32(19-17-28)35-24-25-36(42-40(35)41-39(47-42)26-33(27-44-41)30-12-6-3-7-13-30)43-45-37-14-8-9-15-38(37)46(43)34-22-20-31(21-23-34)29-10-4-2-5-11-29;1-14(2)11-16-12-17(15-9-7-6-8-10-15)19-13-18(16)20(3,4)5;/h2-24,26-27H,1H3;6-9,12-14H,11H2,1-5H3;/q2*-1;/i1D3;11D2;. The number of thiophene rings is 1. The molecule has 0 fully saturated rings. The van der Waals surface area contributed by atoms with Crippen LogP contribution in [0.5, 0.6) is 0 Å². The molecule has 0 aliphatic rings. The van der Waals surface area contributed by atoms with Crippen molar-refractivity contribution in [2.75, 3.05) is 0 Å². The maximum absolute atomic E-state index is 8.55. The molecule has 4 heterocycles. The molecule has 0 aliphatic heterocycles. The van der Waals surface area contributed by atoms with Crippen LogP contribution in [-0.4, -0.2) is 27.6 Å². The molecule has 0 saturated carbocycles. The van der Waals surface area contributed by atoms with Gasteiger partial charge in [0.05, 0.1) is 30.4 Å². The number of aryl methyl sites for hydroxylation is 1. The summed E-state index contributed by atoms with van der Waals surface area (Å²) in [7, 11) is -1.67. The van der Waals surface area contributed by atoms with Crippen molar-refractivity contribution in [3.05, 3.63) is 212 Å². The molecular weight excluding hydrogens is 1040 g/mol. The first-order valence-electron chi connectivity index (χ1n) is 25.1. The van der Waals surface area contributed by atoms with Gasteiger partial charge in [0.15, 0.2) is 0 Å². The molecule has 0 aliphatic carbocycles. The second kappa shape index (κ2) is 19.9. The maximum Gasteiger partial charge on any atom is 0.0798 e. The van der Waals surface area contributed by atoms with Crippen LogP contribution in [0.1, 0.15) is 31.8 Å². The zero-order valence-electron chi connectivity index (χ0n) is 43.5. The predicted molar refractivity (Wildman–Crippen MR) is 287 cm³/mol. The van der Waals surface area contributed by atoms with Crippen LogP contribution in [0, 0.1) is 24.9 Å². The van der Waals surface area contributed by atoms with E-state index in [9.17, 15) is 0 Å². The van der Waals surface area contributed by atoms with Crippen LogP contribution in [0.4, 0.5) is 0 Å². The Hall–Kier alpha value is -6.60. The van der Waals surface area contributed by atoms with E-state index in [0.717, 1.165) is 98.2 Å². The fraction of sp³-hybridized carbons (Fsp3) is 0.131. The number of aromatic nitrogens is 4. The van der Waals surface area contributed by atoms with Crippen LogP contribution >= 0.6 is 11.3 Å². The van der Waals surface area contributed by atoms with Crippen molar-refractivity contribution in [3.8, 4) is 61.7 Å². The van der Waals surface area contributed by atoms with Gasteiger partial charge in [-0.15, -0.1) is 48.0 Å². The third kappa shape index (κ3) is 9.58. The zero-order valence-corrected chi connectivity index (χ0v) is 42.7. The average Bonchev–Trinajstić information content (AvgIpc) is 3.98. The molecule has 337 valence electrons. The molecule has 0 bridgehead atoms. The van der Waals surface area contributed by atoms with Crippen molar-refractivity contribution in [3.63, 3.8) is 0 Å². The van der Waals surface area contributed by atoms with Gasteiger partial charge in [0, 0.05) is 55.3 Å². The average molecular weight is 1100 g/mol. The summed E-state index contributed by atoms with van der Waals surface area (Å²) >= 11 is 1.68. The molecule has 7 aromatic carbocycles. The Balaban J connectivity index is 0.000000241. The molecule has 1 radical (unpaired) electrons. The summed E-state index contributed by atoms with van der Waals surface area (Å²) in [6.45, 7) is 8.40. The number of pyridine rings is 2. The topological polar surface area (TPSA) is 43.6 Å². The second-order valence-corrected chi connectivity index (χ2v) is 24.1. The number of hydrogen-bond donors (Lipinski definition) is 0. The van der Waals surface area contributed by atoms with Crippen molar-refractivity contribution in [1.29, 1.82) is 0 Å². The van der Waals surface area contributed by atoms with E-state index in [-0.39, 0.29) is 26.0 Å². The Kier molecular flexibility index (Phi) is 11.9. The first-order chi connectivity index (χ1) is 34.6. The van der Waals surface area contributed by atoms with E-state index in [1.165, 1.54) is 5.56 Å². The maximum atomic E-state index is 8.55. The summed E-state index contributed by atoms with van der Waals surface area (Å²) in [4.78, 5) is 14.9. The number of rotatable bonds is 9. The molecule has 0 atom stereocenters. The molecule has 11 rings (SSSR count). The van der Waals surface area contributed by atoms with E-state index >= 15 is 0 Å². The Morgan fingerprint density at radius 3 is 2.03 bits per heavy atom. The van der Waals surface area contributed by atoms with Crippen molar-refractivity contribution < 1.29 is 27.0 Å². The van der Waals surface area contributed by atoms with Gasteiger partial charge in [-0.25, -0.2) is 0 Å².